The highest BCUT2D eigenvalue weighted by Crippen LogP contribution is 2.00. The Labute approximate surface area is 82.1 Å². The molecular weight excluding hydrogens is 158 g/mol. The van der Waals surface area contributed by atoms with Crippen LogP contribution in [-0.4, -0.2) is 6.04 Å². The van der Waals surface area contributed by atoms with Crippen molar-refractivity contribution in [1.82, 2.24) is 0 Å². The predicted molar refractivity (Wildman–Crippen MR) is 58.0 cm³/mol. The maximum atomic E-state index is 5.84. The summed E-state index contributed by atoms with van der Waals surface area (Å²) in [6, 6.07) is 0.252. The molecule has 13 heavy (non-hydrogen) atoms. The van der Waals surface area contributed by atoms with E-state index in [1.165, 1.54) is 12.8 Å². The Bertz CT molecular complexity index is 221. The maximum Gasteiger partial charge on any atom is 0.0702 e. The molecule has 0 saturated carbocycles. The number of nitrogens with two attached hydrogens (primary N) is 1. The fourth-order valence-electron chi connectivity index (χ4n) is 0.967. The van der Waals surface area contributed by atoms with Crippen LogP contribution < -0.4 is 5.73 Å². The van der Waals surface area contributed by atoms with Gasteiger partial charge in [0.1, 0.15) is 0 Å². The first-order valence-corrected chi connectivity index (χ1v) is 4.92. The van der Waals surface area contributed by atoms with E-state index in [1.54, 1.807) is 0 Å². The molecule has 1 unspecified atom stereocenters. The van der Waals surface area contributed by atoms with Gasteiger partial charge < -0.3 is 5.73 Å². The minimum Gasteiger partial charge on any atom is -0.327 e. The van der Waals surface area contributed by atoms with Crippen molar-refractivity contribution in [1.29, 1.82) is 0 Å². The summed E-state index contributed by atoms with van der Waals surface area (Å²) in [5.41, 5.74) is 5.84. The molecule has 1 atom stereocenters. The van der Waals surface area contributed by atoms with Crippen molar-refractivity contribution in [3.63, 3.8) is 0 Å². The summed E-state index contributed by atoms with van der Waals surface area (Å²) in [6.45, 7) is 4.00. The lowest BCUT2D eigenvalue weighted by Crippen LogP contribution is -2.18. The number of hydrogen-bond donors (Lipinski definition) is 1. The zero-order chi connectivity index (χ0) is 9.94. The zero-order valence-corrected chi connectivity index (χ0v) is 8.69. The Kier molecular flexibility index (Phi) is 8.52. The second-order valence-corrected chi connectivity index (χ2v) is 3.06. The molecular formula is C12H19N. The van der Waals surface area contributed by atoms with E-state index in [0.717, 1.165) is 12.8 Å². The third kappa shape index (κ3) is 8.99. The molecule has 0 aromatic carbocycles. The minimum absolute atomic E-state index is 0.252. The van der Waals surface area contributed by atoms with Gasteiger partial charge in [0.05, 0.1) is 6.42 Å². The van der Waals surface area contributed by atoms with Gasteiger partial charge in [-0.25, -0.2) is 0 Å². The normalized spacial score (nSPS) is 10.7. The Morgan fingerprint density at radius 2 is 2.00 bits per heavy atom. The molecule has 0 fully saturated rings. The average Bonchev–Trinajstić information content (AvgIpc) is 2.14. The Hall–Kier alpha value is -0.920. The molecule has 0 rings (SSSR count). The van der Waals surface area contributed by atoms with Crippen molar-refractivity contribution in [3.05, 3.63) is 0 Å². The summed E-state index contributed by atoms with van der Waals surface area (Å²) in [6.07, 6.45) is 4.99. The first-order valence-electron chi connectivity index (χ1n) is 4.92. The third-order valence-corrected chi connectivity index (χ3v) is 1.77. The first-order chi connectivity index (χ1) is 6.31. The van der Waals surface area contributed by atoms with Crippen LogP contribution in [0.2, 0.25) is 0 Å². The van der Waals surface area contributed by atoms with E-state index in [0.29, 0.717) is 6.42 Å². The summed E-state index contributed by atoms with van der Waals surface area (Å²) in [4.78, 5) is 0. The summed E-state index contributed by atoms with van der Waals surface area (Å²) >= 11 is 0. The van der Waals surface area contributed by atoms with Crippen molar-refractivity contribution in [2.24, 2.45) is 5.73 Å². The molecule has 0 amide bonds. The van der Waals surface area contributed by atoms with Crippen LogP contribution in [0.4, 0.5) is 0 Å². The lowest BCUT2D eigenvalue weighted by atomic mass is 10.1. The zero-order valence-electron chi connectivity index (χ0n) is 8.69. The highest BCUT2D eigenvalue weighted by molar-refractivity contribution is 5.10. The Morgan fingerprint density at radius 3 is 2.62 bits per heavy atom. The van der Waals surface area contributed by atoms with Crippen molar-refractivity contribution in [2.45, 2.75) is 52.0 Å². The lowest BCUT2D eigenvalue weighted by molar-refractivity contribution is 0.587. The molecule has 1 heteroatoms. The molecule has 2 N–H and O–H groups in total. The van der Waals surface area contributed by atoms with E-state index < -0.39 is 0 Å². The van der Waals surface area contributed by atoms with Gasteiger partial charge in [0.15, 0.2) is 0 Å². The van der Waals surface area contributed by atoms with Gasteiger partial charge in [-0.3, -0.25) is 0 Å². The van der Waals surface area contributed by atoms with E-state index in [-0.39, 0.29) is 6.04 Å². The highest BCUT2D eigenvalue weighted by Gasteiger charge is 1.97. The van der Waals surface area contributed by atoms with Gasteiger partial charge in [-0.2, -0.15) is 0 Å². The number of hydrogen-bond acceptors (Lipinski definition) is 1. The first kappa shape index (κ1) is 12.1. The van der Waals surface area contributed by atoms with Gasteiger partial charge in [0, 0.05) is 12.5 Å². The van der Waals surface area contributed by atoms with Crippen molar-refractivity contribution in [2.75, 3.05) is 0 Å². The van der Waals surface area contributed by atoms with Gasteiger partial charge in [-0.15, -0.1) is 11.8 Å². The Morgan fingerprint density at radius 1 is 1.23 bits per heavy atom. The molecule has 1 nitrogen and oxygen atoms in total. The SMILES string of the molecule is CC#CCC#CCC(N)CCCC. The molecule has 0 aromatic rings. The monoisotopic (exact) mass is 177 g/mol. The molecule has 0 radical (unpaired) electrons. The molecule has 0 aliphatic rings. The molecule has 0 spiro atoms. The van der Waals surface area contributed by atoms with Crippen LogP contribution in [0.25, 0.3) is 0 Å². The number of rotatable bonds is 4. The van der Waals surface area contributed by atoms with E-state index >= 15 is 0 Å². The largest absolute Gasteiger partial charge is 0.327 e. The summed E-state index contributed by atoms with van der Waals surface area (Å²) in [5, 5.41) is 0. The molecule has 0 aromatic heterocycles. The third-order valence-electron chi connectivity index (χ3n) is 1.77. The molecule has 0 saturated heterocycles. The van der Waals surface area contributed by atoms with Gasteiger partial charge in [-0.05, 0) is 13.3 Å². The van der Waals surface area contributed by atoms with Crippen LogP contribution in [-0.2, 0) is 0 Å². The quantitative estimate of drug-likeness (QED) is 0.655. The summed E-state index contributed by atoms with van der Waals surface area (Å²) in [7, 11) is 0. The molecule has 0 heterocycles. The molecule has 0 bridgehead atoms. The van der Waals surface area contributed by atoms with Gasteiger partial charge in [-0.1, -0.05) is 31.6 Å². The topological polar surface area (TPSA) is 26.0 Å². The smallest absolute Gasteiger partial charge is 0.0702 e. The van der Waals surface area contributed by atoms with Crippen molar-refractivity contribution in [3.8, 4) is 23.7 Å². The van der Waals surface area contributed by atoms with Crippen LogP contribution in [0.1, 0.15) is 46.0 Å². The van der Waals surface area contributed by atoms with Gasteiger partial charge in [0.2, 0.25) is 0 Å². The standard InChI is InChI=1S/C12H19N/c1-3-5-7-8-9-11-12(13)10-6-4-2/h12H,4,6-7,10-11,13H2,1-2H3. The average molecular weight is 177 g/mol. The van der Waals surface area contributed by atoms with Gasteiger partial charge in [0.25, 0.3) is 0 Å². The predicted octanol–water partition coefficient (Wildman–Crippen LogP) is 2.31. The van der Waals surface area contributed by atoms with Crippen molar-refractivity contribution >= 4 is 0 Å². The Balaban J connectivity index is 3.46. The lowest BCUT2D eigenvalue weighted by Gasteiger charge is -2.04. The fraction of sp³-hybridized carbons (Fsp3) is 0.667. The molecule has 72 valence electrons. The second kappa shape index (κ2) is 9.17. The van der Waals surface area contributed by atoms with E-state index in [9.17, 15) is 0 Å². The van der Waals surface area contributed by atoms with Crippen LogP contribution in [0.5, 0.6) is 0 Å². The summed E-state index contributed by atoms with van der Waals surface area (Å²) in [5.74, 6) is 11.7. The molecule has 0 aliphatic carbocycles. The van der Waals surface area contributed by atoms with E-state index in [1.807, 2.05) is 6.92 Å². The number of unbranched alkanes of at least 4 members (excludes halogenated alkanes) is 1. The second-order valence-electron chi connectivity index (χ2n) is 3.06. The van der Waals surface area contributed by atoms with Gasteiger partial charge >= 0.3 is 0 Å². The van der Waals surface area contributed by atoms with Crippen LogP contribution in [0.3, 0.4) is 0 Å². The molecule has 0 aliphatic heterocycles. The summed E-state index contributed by atoms with van der Waals surface area (Å²) < 4.78 is 0. The van der Waals surface area contributed by atoms with Crippen molar-refractivity contribution < 1.29 is 0 Å². The minimum atomic E-state index is 0.252. The van der Waals surface area contributed by atoms with Crippen LogP contribution in [0.15, 0.2) is 0 Å². The maximum absolute atomic E-state index is 5.84. The van der Waals surface area contributed by atoms with E-state index in [4.69, 9.17) is 5.73 Å². The van der Waals surface area contributed by atoms with Crippen LogP contribution in [0, 0.1) is 23.7 Å². The van der Waals surface area contributed by atoms with Crippen LogP contribution >= 0.6 is 0 Å². The fourth-order valence-corrected chi connectivity index (χ4v) is 0.967. The van der Waals surface area contributed by atoms with E-state index in [2.05, 4.69) is 30.6 Å². The highest BCUT2D eigenvalue weighted by atomic mass is 14.6.